The highest BCUT2D eigenvalue weighted by molar-refractivity contribution is 5.89. The van der Waals surface area contributed by atoms with Crippen LogP contribution in [0.2, 0.25) is 0 Å². The molecule has 4 rings (SSSR count). The Morgan fingerprint density at radius 2 is 2.19 bits per heavy atom. The van der Waals surface area contributed by atoms with Gasteiger partial charge in [0.1, 0.15) is 5.82 Å². The van der Waals surface area contributed by atoms with Gasteiger partial charge in [0, 0.05) is 18.1 Å². The molecule has 1 aliphatic carbocycles. The maximum atomic E-state index is 12.2. The summed E-state index contributed by atoms with van der Waals surface area (Å²) < 4.78 is 2.07. The molecule has 108 valence electrons. The van der Waals surface area contributed by atoms with Crippen LogP contribution in [0.15, 0.2) is 36.7 Å². The smallest absolute Gasteiger partial charge is 0.240 e. The van der Waals surface area contributed by atoms with Crippen LogP contribution >= 0.6 is 0 Å². The number of hydrogen-bond donors (Lipinski definition) is 2. The lowest BCUT2D eigenvalue weighted by molar-refractivity contribution is -0.124. The van der Waals surface area contributed by atoms with E-state index in [1.807, 2.05) is 18.3 Å². The first-order valence-corrected chi connectivity index (χ1v) is 7.39. The van der Waals surface area contributed by atoms with Crippen LogP contribution in [-0.2, 0) is 11.2 Å². The second kappa shape index (κ2) is 4.43. The Labute approximate surface area is 123 Å². The Kier molecular flexibility index (Phi) is 2.65. The summed E-state index contributed by atoms with van der Waals surface area (Å²) in [6.07, 6.45) is 7.05. The van der Waals surface area contributed by atoms with Gasteiger partial charge in [-0.15, -0.1) is 0 Å². The van der Waals surface area contributed by atoms with Crippen LogP contribution in [0.1, 0.15) is 36.7 Å². The SMILES string of the molecule is NC1(C(=O)N[C@@H]2CCc3ccccc3-n3ccnc32)CC1. The van der Waals surface area contributed by atoms with Crippen LogP contribution in [-0.4, -0.2) is 21.0 Å². The van der Waals surface area contributed by atoms with Gasteiger partial charge in [-0.25, -0.2) is 4.98 Å². The summed E-state index contributed by atoms with van der Waals surface area (Å²) in [5.74, 6) is 0.838. The minimum atomic E-state index is -0.642. The number of hydrogen-bond acceptors (Lipinski definition) is 3. The lowest BCUT2D eigenvalue weighted by atomic mass is 10.0. The zero-order chi connectivity index (χ0) is 14.4. The van der Waals surface area contributed by atoms with E-state index in [-0.39, 0.29) is 11.9 Å². The maximum absolute atomic E-state index is 12.2. The van der Waals surface area contributed by atoms with Crippen molar-refractivity contribution >= 4 is 5.91 Å². The van der Waals surface area contributed by atoms with E-state index >= 15 is 0 Å². The van der Waals surface area contributed by atoms with E-state index in [9.17, 15) is 4.79 Å². The number of rotatable bonds is 2. The normalized spacial score (nSPS) is 21.9. The van der Waals surface area contributed by atoms with E-state index in [2.05, 4.69) is 27.0 Å². The number of para-hydroxylation sites is 1. The molecule has 2 heterocycles. The molecular weight excluding hydrogens is 264 g/mol. The predicted octanol–water partition coefficient (Wildman–Crippen LogP) is 1.47. The van der Waals surface area contributed by atoms with Crippen LogP contribution in [0.4, 0.5) is 0 Å². The van der Waals surface area contributed by atoms with Crippen molar-refractivity contribution in [3.05, 3.63) is 48.0 Å². The van der Waals surface area contributed by atoms with E-state index in [4.69, 9.17) is 5.73 Å². The van der Waals surface area contributed by atoms with Crippen molar-refractivity contribution in [2.24, 2.45) is 5.73 Å². The molecule has 0 radical (unpaired) electrons. The minimum Gasteiger partial charge on any atom is -0.345 e. The number of aryl methyl sites for hydroxylation is 1. The summed E-state index contributed by atoms with van der Waals surface area (Å²) in [5, 5.41) is 3.09. The molecule has 1 atom stereocenters. The Balaban J connectivity index is 1.68. The van der Waals surface area contributed by atoms with Crippen LogP contribution in [0.5, 0.6) is 0 Å². The first-order valence-electron chi connectivity index (χ1n) is 7.39. The zero-order valence-corrected chi connectivity index (χ0v) is 11.7. The molecule has 0 saturated heterocycles. The second-order valence-corrected chi connectivity index (χ2v) is 6.01. The average Bonchev–Trinajstić information content (AvgIpc) is 3.11. The number of carbonyl (C=O) groups excluding carboxylic acids is 1. The quantitative estimate of drug-likeness (QED) is 0.876. The Hall–Kier alpha value is -2.14. The number of carbonyl (C=O) groups is 1. The number of nitrogens with zero attached hydrogens (tertiary/aromatic N) is 2. The van der Waals surface area contributed by atoms with Gasteiger partial charge in [-0.1, -0.05) is 18.2 Å². The molecule has 21 heavy (non-hydrogen) atoms. The van der Waals surface area contributed by atoms with E-state index in [1.54, 1.807) is 6.20 Å². The van der Waals surface area contributed by atoms with Gasteiger partial charge in [-0.05, 0) is 37.3 Å². The van der Waals surface area contributed by atoms with Crippen LogP contribution < -0.4 is 11.1 Å². The molecule has 1 aromatic heterocycles. The lowest BCUT2D eigenvalue weighted by Crippen LogP contribution is -2.44. The van der Waals surface area contributed by atoms with E-state index in [1.165, 1.54) is 5.56 Å². The molecule has 2 aromatic rings. The molecule has 3 N–H and O–H groups in total. The van der Waals surface area contributed by atoms with Gasteiger partial charge in [0.05, 0.1) is 11.6 Å². The molecule has 5 heteroatoms. The fourth-order valence-corrected chi connectivity index (χ4v) is 2.96. The molecule has 5 nitrogen and oxygen atoms in total. The molecule has 1 aromatic carbocycles. The van der Waals surface area contributed by atoms with Gasteiger partial charge in [0.25, 0.3) is 0 Å². The maximum Gasteiger partial charge on any atom is 0.240 e. The largest absolute Gasteiger partial charge is 0.345 e. The van der Waals surface area contributed by atoms with Gasteiger partial charge in [0.15, 0.2) is 0 Å². The van der Waals surface area contributed by atoms with Gasteiger partial charge in [-0.2, -0.15) is 0 Å². The Morgan fingerprint density at radius 1 is 1.38 bits per heavy atom. The van der Waals surface area contributed by atoms with Gasteiger partial charge in [-0.3, -0.25) is 4.79 Å². The summed E-state index contributed by atoms with van der Waals surface area (Å²) in [6.45, 7) is 0. The first kappa shape index (κ1) is 12.6. The third kappa shape index (κ3) is 2.05. The van der Waals surface area contributed by atoms with Gasteiger partial charge < -0.3 is 15.6 Å². The van der Waals surface area contributed by atoms with E-state index in [0.717, 1.165) is 37.2 Å². The fourth-order valence-electron chi connectivity index (χ4n) is 2.96. The molecular formula is C16H18N4O. The van der Waals surface area contributed by atoms with E-state index < -0.39 is 5.54 Å². The minimum absolute atomic E-state index is 0.0481. The van der Waals surface area contributed by atoms with Crippen molar-refractivity contribution in [3.8, 4) is 5.69 Å². The fraction of sp³-hybridized carbons (Fsp3) is 0.375. The summed E-state index contributed by atoms with van der Waals surface area (Å²) in [5.41, 5.74) is 7.77. The van der Waals surface area contributed by atoms with Crippen molar-refractivity contribution < 1.29 is 4.79 Å². The predicted molar refractivity (Wildman–Crippen MR) is 78.9 cm³/mol. The van der Waals surface area contributed by atoms with E-state index in [0.29, 0.717) is 0 Å². The summed E-state index contributed by atoms with van der Waals surface area (Å²) in [6, 6.07) is 8.22. The number of imidazole rings is 1. The average molecular weight is 282 g/mol. The Morgan fingerprint density at radius 3 is 3.00 bits per heavy atom. The highest BCUT2D eigenvalue weighted by Crippen LogP contribution is 2.34. The van der Waals surface area contributed by atoms with Crippen molar-refractivity contribution in [1.82, 2.24) is 14.9 Å². The number of fused-ring (bicyclic) bond motifs is 3. The zero-order valence-electron chi connectivity index (χ0n) is 11.7. The monoisotopic (exact) mass is 282 g/mol. The molecule has 1 aliphatic heterocycles. The second-order valence-electron chi connectivity index (χ2n) is 6.01. The molecule has 0 unspecified atom stereocenters. The summed E-state index contributed by atoms with van der Waals surface area (Å²) in [4.78, 5) is 16.7. The Bertz CT molecular complexity index is 702. The lowest BCUT2D eigenvalue weighted by Gasteiger charge is -2.19. The summed E-state index contributed by atoms with van der Waals surface area (Å²) in [7, 11) is 0. The third-order valence-corrected chi connectivity index (χ3v) is 4.48. The van der Waals surface area contributed by atoms with Gasteiger partial charge >= 0.3 is 0 Å². The molecule has 0 spiro atoms. The highest BCUT2D eigenvalue weighted by Gasteiger charge is 2.46. The molecule has 0 bridgehead atoms. The molecule has 1 fully saturated rings. The standard InChI is InChI=1S/C16H18N4O/c17-16(7-8-16)15(21)19-12-6-5-11-3-1-2-4-13(11)20-10-9-18-14(12)20/h1-4,9-10,12H,5-8,17H2,(H,19,21)/t12-/m1/s1. The van der Waals surface area contributed by atoms with Crippen molar-refractivity contribution in [3.63, 3.8) is 0 Å². The molecule has 2 aliphatic rings. The number of nitrogens with one attached hydrogen (secondary N) is 1. The third-order valence-electron chi connectivity index (χ3n) is 4.48. The van der Waals surface area contributed by atoms with Crippen molar-refractivity contribution in [1.29, 1.82) is 0 Å². The first-order chi connectivity index (χ1) is 10.2. The van der Waals surface area contributed by atoms with Gasteiger partial charge in [0.2, 0.25) is 5.91 Å². The van der Waals surface area contributed by atoms with Crippen molar-refractivity contribution in [2.75, 3.05) is 0 Å². The number of aromatic nitrogens is 2. The van der Waals surface area contributed by atoms with Crippen LogP contribution in [0, 0.1) is 0 Å². The van der Waals surface area contributed by atoms with Crippen molar-refractivity contribution in [2.45, 2.75) is 37.3 Å². The number of benzene rings is 1. The summed E-state index contributed by atoms with van der Waals surface area (Å²) >= 11 is 0. The van der Waals surface area contributed by atoms with Crippen LogP contribution in [0.25, 0.3) is 5.69 Å². The highest BCUT2D eigenvalue weighted by atomic mass is 16.2. The molecule has 1 amide bonds. The number of nitrogens with two attached hydrogens (primary N) is 1. The number of amides is 1. The van der Waals surface area contributed by atoms with Crippen LogP contribution in [0.3, 0.4) is 0 Å². The molecule has 1 saturated carbocycles. The topological polar surface area (TPSA) is 72.9 Å².